The second kappa shape index (κ2) is 8.76. The Kier molecular flexibility index (Phi) is 7.71. The second-order valence-corrected chi connectivity index (χ2v) is 7.37. The monoisotopic (exact) mass is 322 g/mol. The topological polar surface area (TPSA) is 113 Å². The van der Waals surface area contributed by atoms with Crippen molar-refractivity contribution < 1.29 is 19.8 Å². The van der Waals surface area contributed by atoms with Gasteiger partial charge in [0.2, 0.25) is 0 Å². The summed E-state index contributed by atoms with van der Waals surface area (Å²) in [6.07, 6.45) is 2.83. The molecule has 0 amide bonds. The van der Waals surface area contributed by atoms with Crippen LogP contribution in [0.25, 0.3) is 0 Å². The molecule has 1 fully saturated rings. The van der Waals surface area contributed by atoms with Crippen molar-refractivity contribution >= 4 is 35.5 Å². The lowest BCUT2D eigenvalue weighted by Gasteiger charge is -2.20. The first-order valence-corrected chi connectivity index (χ1v) is 8.74. The van der Waals surface area contributed by atoms with Gasteiger partial charge >= 0.3 is 11.9 Å². The van der Waals surface area contributed by atoms with E-state index in [1.807, 2.05) is 0 Å². The molecule has 4 atom stereocenters. The Morgan fingerprint density at radius 1 is 1.50 bits per heavy atom. The summed E-state index contributed by atoms with van der Waals surface area (Å²) < 4.78 is 0. The maximum atomic E-state index is 10.9. The van der Waals surface area contributed by atoms with Gasteiger partial charge in [0, 0.05) is 16.8 Å². The van der Waals surface area contributed by atoms with Crippen LogP contribution in [0.1, 0.15) is 26.2 Å². The summed E-state index contributed by atoms with van der Waals surface area (Å²) in [5.41, 5.74) is 5.51. The number of carboxylic acids is 2. The molecule has 0 spiro atoms. The van der Waals surface area contributed by atoms with Gasteiger partial charge in [-0.1, -0.05) is 13.3 Å². The van der Waals surface area contributed by atoms with Crippen LogP contribution in [-0.2, 0) is 9.59 Å². The van der Waals surface area contributed by atoms with E-state index >= 15 is 0 Å². The number of carbonyl (C=O) groups is 2. The van der Waals surface area contributed by atoms with E-state index in [0.717, 1.165) is 19.3 Å². The summed E-state index contributed by atoms with van der Waals surface area (Å²) in [7, 11) is 0. The molecule has 5 N–H and O–H groups in total. The number of nitrogens with one attached hydrogen (secondary N) is 1. The first-order chi connectivity index (χ1) is 9.43. The van der Waals surface area contributed by atoms with E-state index in [2.05, 4.69) is 12.2 Å². The first kappa shape index (κ1) is 17.6. The highest BCUT2D eigenvalue weighted by Crippen LogP contribution is 2.29. The van der Waals surface area contributed by atoms with Gasteiger partial charge in [0.15, 0.2) is 0 Å². The molecule has 1 saturated heterocycles. The Morgan fingerprint density at radius 2 is 2.20 bits per heavy atom. The highest BCUT2D eigenvalue weighted by atomic mass is 32.2. The number of nitrogens with two attached hydrogens (primary N) is 1. The lowest BCUT2D eigenvalue weighted by molar-refractivity contribution is -0.139. The quantitative estimate of drug-likeness (QED) is 0.493. The van der Waals surface area contributed by atoms with Crippen LogP contribution < -0.4 is 11.1 Å². The van der Waals surface area contributed by atoms with E-state index in [1.54, 1.807) is 23.5 Å². The van der Waals surface area contributed by atoms with E-state index in [-0.39, 0.29) is 5.37 Å². The van der Waals surface area contributed by atoms with E-state index in [1.165, 1.54) is 0 Å². The summed E-state index contributed by atoms with van der Waals surface area (Å²) in [5, 5.41) is 21.3. The minimum Gasteiger partial charge on any atom is -0.480 e. The fourth-order valence-corrected chi connectivity index (χ4v) is 4.72. The molecule has 0 aromatic heterocycles. The number of rotatable bonds is 9. The van der Waals surface area contributed by atoms with Crippen molar-refractivity contribution in [3.05, 3.63) is 0 Å². The van der Waals surface area contributed by atoms with E-state index in [4.69, 9.17) is 15.9 Å². The number of thioether (sulfide) groups is 2. The molecule has 0 aliphatic carbocycles. The summed E-state index contributed by atoms with van der Waals surface area (Å²) in [6.45, 7) is 2.08. The molecule has 1 aliphatic heterocycles. The van der Waals surface area contributed by atoms with Gasteiger partial charge in [0.05, 0.1) is 5.37 Å². The lowest BCUT2D eigenvalue weighted by atomic mass is 10.2. The molecule has 0 saturated carbocycles. The van der Waals surface area contributed by atoms with Crippen LogP contribution in [0.15, 0.2) is 0 Å². The highest BCUT2D eigenvalue weighted by molar-refractivity contribution is 8.01. The average Bonchev–Trinajstić information content (AvgIpc) is 2.84. The van der Waals surface area contributed by atoms with Crippen molar-refractivity contribution in [3.63, 3.8) is 0 Å². The third kappa shape index (κ3) is 5.90. The van der Waals surface area contributed by atoms with Crippen LogP contribution in [0, 0.1) is 0 Å². The zero-order valence-electron chi connectivity index (χ0n) is 11.4. The number of carboxylic acid groups (broad SMARTS) is 2. The van der Waals surface area contributed by atoms with Crippen molar-refractivity contribution in [3.8, 4) is 0 Å². The Bertz CT molecular complexity index is 343. The molecule has 0 unspecified atom stereocenters. The largest absolute Gasteiger partial charge is 0.480 e. The van der Waals surface area contributed by atoms with E-state index < -0.39 is 24.0 Å². The summed E-state index contributed by atoms with van der Waals surface area (Å²) in [5.74, 6) is -0.822. The molecule has 8 heteroatoms. The van der Waals surface area contributed by atoms with Gasteiger partial charge in [0.25, 0.3) is 0 Å². The van der Waals surface area contributed by atoms with Gasteiger partial charge < -0.3 is 15.9 Å². The molecule has 6 nitrogen and oxygen atoms in total. The molecular weight excluding hydrogens is 300 g/mol. The maximum absolute atomic E-state index is 10.9. The zero-order valence-corrected chi connectivity index (χ0v) is 13.1. The van der Waals surface area contributed by atoms with E-state index in [9.17, 15) is 9.59 Å². The van der Waals surface area contributed by atoms with E-state index in [0.29, 0.717) is 16.8 Å². The van der Waals surface area contributed by atoms with Crippen LogP contribution in [0.3, 0.4) is 0 Å². The number of hydrogen-bond acceptors (Lipinski definition) is 6. The standard InChI is InChI=1S/C12H22N2O4S2/c1-2-3-7(19-5-8(13)11(15)16)4-10-14-9(6-20-10)12(17)18/h7-10,14H,2-6,13H2,1H3,(H,15,16)(H,17,18)/t7-,8+,9+,10+/m1/s1. The van der Waals surface area contributed by atoms with Crippen molar-refractivity contribution in [2.24, 2.45) is 5.73 Å². The van der Waals surface area contributed by atoms with Crippen molar-refractivity contribution in [1.29, 1.82) is 0 Å². The molecule has 20 heavy (non-hydrogen) atoms. The normalized spacial score (nSPS) is 25.3. The van der Waals surface area contributed by atoms with Gasteiger partial charge in [-0.3, -0.25) is 14.9 Å². The third-order valence-corrected chi connectivity index (χ3v) is 5.77. The van der Waals surface area contributed by atoms with Crippen molar-refractivity contribution in [2.45, 2.75) is 48.9 Å². The fourth-order valence-electron chi connectivity index (χ4n) is 1.95. The molecule has 0 radical (unpaired) electrons. The molecule has 116 valence electrons. The third-order valence-electron chi connectivity index (χ3n) is 3.07. The van der Waals surface area contributed by atoms with Crippen molar-refractivity contribution in [1.82, 2.24) is 5.32 Å². The molecule has 0 bridgehead atoms. The molecule has 1 rings (SSSR count). The van der Waals surface area contributed by atoms with Gasteiger partial charge in [0.1, 0.15) is 12.1 Å². The Labute approximate surface area is 127 Å². The molecular formula is C12H22N2O4S2. The Balaban J connectivity index is 2.39. The summed E-state index contributed by atoms with van der Waals surface area (Å²) in [6, 6.07) is -1.31. The smallest absolute Gasteiger partial charge is 0.321 e. The van der Waals surface area contributed by atoms with Crippen LogP contribution >= 0.6 is 23.5 Å². The number of hydrogen-bond donors (Lipinski definition) is 4. The Morgan fingerprint density at radius 3 is 2.70 bits per heavy atom. The van der Waals surface area contributed by atoms with Crippen LogP contribution in [0.2, 0.25) is 0 Å². The maximum Gasteiger partial charge on any atom is 0.321 e. The van der Waals surface area contributed by atoms with Crippen LogP contribution in [0.4, 0.5) is 0 Å². The van der Waals surface area contributed by atoms with Crippen LogP contribution in [0.5, 0.6) is 0 Å². The van der Waals surface area contributed by atoms with Gasteiger partial charge in [-0.2, -0.15) is 11.8 Å². The molecule has 1 heterocycles. The molecule has 1 aliphatic rings. The van der Waals surface area contributed by atoms with Crippen molar-refractivity contribution in [2.75, 3.05) is 11.5 Å². The predicted octanol–water partition coefficient (Wildman–Crippen LogP) is 0.806. The SMILES string of the molecule is CCC[C@H](C[C@H]1N[C@H](C(=O)O)CS1)SC[C@H](N)C(=O)O. The average molecular weight is 322 g/mol. The second-order valence-electron chi connectivity index (χ2n) is 4.80. The van der Waals surface area contributed by atoms with Gasteiger partial charge in [-0.15, -0.1) is 11.8 Å². The molecule has 0 aromatic carbocycles. The first-order valence-electron chi connectivity index (χ1n) is 6.64. The highest BCUT2D eigenvalue weighted by Gasteiger charge is 2.31. The minimum atomic E-state index is -0.980. The zero-order chi connectivity index (χ0) is 15.1. The van der Waals surface area contributed by atoms with Gasteiger partial charge in [-0.25, -0.2) is 0 Å². The van der Waals surface area contributed by atoms with Crippen LogP contribution in [-0.4, -0.2) is 56.4 Å². The Hall–Kier alpha value is -0.440. The summed E-state index contributed by atoms with van der Waals surface area (Å²) >= 11 is 3.19. The minimum absolute atomic E-state index is 0.126. The van der Waals surface area contributed by atoms with Gasteiger partial charge in [-0.05, 0) is 12.8 Å². The number of aliphatic carboxylic acids is 2. The molecule has 0 aromatic rings. The summed E-state index contributed by atoms with van der Waals surface area (Å²) in [4.78, 5) is 21.6. The lowest BCUT2D eigenvalue weighted by Crippen LogP contribution is -2.38. The fraction of sp³-hybridized carbons (Fsp3) is 0.833. The predicted molar refractivity (Wildman–Crippen MR) is 82.2 cm³/mol.